The number of halogens is 3. The lowest BCUT2D eigenvalue weighted by molar-refractivity contribution is -0.137. The van der Waals surface area contributed by atoms with E-state index in [2.05, 4.69) is 5.10 Å². The molecule has 0 unspecified atom stereocenters. The van der Waals surface area contributed by atoms with Crippen molar-refractivity contribution in [3.63, 3.8) is 0 Å². The molecule has 1 aromatic carbocycles. The van der Waals surface area contributed by atoms with Crippen LogP contribution in [-0.2, 0) is 11.7 Å². The fraction of sp³-hybridized carbons (Fsp3) is 0.357. The number of rotatable bonds is 1. The summed E-state index contributed by atoms with van der Waals surface area (Å²) < 4.78 is 39.3. The van der Waals surface area contributed by atoms with Crippen molar-refractivity contribution in [3.05, 3.63) is 46.2 Å². The molecule has 0 aliphatic carbocycles. The van der Waals surface area contributed by atoms with Crippen LogP contribution in [-0.4, -0.2) is 9.78 Å². The van der Waals surface area contributed by atoms with Crippen LogP contribution in [0.25, 0.3) is 11.3 Å². The summed E-state index contributed by atoms with van der Waals surface area (Å²) in [6.07, 6.45) is -4.36. The molecule has 1 N–H and O–H groups in total. The number of nitrogens with one attached hydrogen (secondary N) is 1. The molecule has 3 nitrogen and oxygen atoms in total. The summed E-state index contributed by atoms with van der Waals surface area (Å²) in [5, 5.41) is 2.67. The fourth-order valence-corrected chi connectivity index (χ4v) is 1.96. The maximum absolute atomic E-state index is 12.5. The van der Waals surface area contributed by atoms with Crippen molar-refractivity contribution in [2.75, 3.05) is 0 Å². The minimum absolute atomic E-state index is 0.283. The van der Waals surface area contributed by atoms with Crippen LogP contribution in [0.2, 0.25) is 0 Å². The highest BCUT2D eigenvalue weighted by molar-refractivity contribution is 5.60. The SMILES string of the molecule is CC(C)(C)n1[nH]c(=O)cc1-c1ccc(C(F)(F)F)cc1. The summed E-state index contributed by atoms with van der Waals surface area (Å²) in [6.45, 7) is 5.70. The summed E-state index contributed by atoms with van der Waals surface area (Å²) in [7, 11) is 0. The third kappa shape index (κ3) is 2.79. The van der Waals surface area contributed by atoms with Gasteiger partial charge >= 0.3 is 6.18 Å². The number of hydrogen-bond acceptors (Lipinski definition) is 1. The maximum atomic E-state index is 12.5. The van der Waals surface area contributed by atoms with Gasteiger partial charge in [0.15, 0.2) is 0 Å². The second-order valence-electron chi connectivity index (χ2n) is 5.59. The molecule has 108 valence electrons. The van der Waals surface area contributed by atoms with Gasteiger partial charge in [-0.3, -0.25) is 14.6 Å². The third-order valence-electron chi connectivity index (χ3n) is 2.91. The average Bonchev–Trinajstić information content (AvgIpc) is 2.70. The molecule has 0 saturated carbocycles. The first-order valence-electron chi connectivity index (χ1n) is 6.09. The lowest BCUT2D eigenvalue weighted by Crippen LogP contribution is -2.25. The average molecular weight is 284 g/mol. The van der Waals surface area contributed by atoms with Crippen LogP contribution < -0.4 is 5.56 Å². The largest absolute Gasteiger partial charge is 0.416 e. The molecule has 0 radical (unpaired) electrons. The second-order valence-corrected chi connectivity index (χ2v) is 5.59. The number of nitrogens with zero attached hydrogens (tertiary/aromatic N) is 1. The minimum Gasteiger partial charge on any atom is -0.279 e. The molecule has 0 aliphatic heterocycles. The number of aromatic amines is 1. The Hall–Kier alpha value is -1.98. The van der Waals surface area contributed by atoms with Crippen LogP contribution in [0.4, 0.5) is 13.2 Å². The van der Waals surface area contributed by atoms with Crippen LogP contribution in [0, 0.1) is 0 Å². The van der Waals surface area contributed by atoms with Gasteiger partial charge in [-0.25, -0.2) is 0 Å². The number of H-pyrrole nitrogens is 1. The molecule has 2 rings (SSSR count). The van der Waals surface area contributed by atoms with Gasteiger partial charge in [0.1, 0.15) is 0 Å². The molecule has 6 heteroatoms. The van der Waals surface area contributed by atoms with Gasteiger partial charge in [-0.05, 0) is 38.5 Å². The predicted octanol–water partition coefficient (Wildman–Crippen LogP) is 3.62. The number of hydrogen-bond donors (Lipinski definition) is 1. The summed E-state index contributed by atoms with van der Waals surface area (Å²) in [5.41, 5.74) is -0.237. The normalized spacial score (nSPS) is 12.7. The molecular weight excluding hydrogens is 269 g/mol. The van der Waals surface area contributed by atoms with E-state index in [0.29, 0.717) is 11.3 Å². The standard InChI is InChI=1S/C14H15F3N2O/c1-13(2,3)19-11(8-12(20)18-19)9-4-6-10(7-5-9)14(15,16)17/h4-8H,1-3H3,(H,18,20). The van der Waals surface area contributed by atoms with Crippen molar-refractivity contribution >= 4 is 0 Å². The van der Waals surface area contributed by atoms with Crippen molar-refractivity contribution in [1.29, 1.82) is 0 Å². The highest BCUT2D eigenvalue weighted by Gasteiger charge is 2.30. The Balaban J connectivity index is 2.50. The molecule has 1 aromatic heterocycles. The van der Waals surface area contributed by atoms with E-state index >= 15 is 0 Å². The van der Waals surface area contributed by atoms with Crippen molar-refractivity contribution < 1.29 is 13.2 Å². The summed E-state index contributed by atoms with van der Waals surface area (Å²) >= 11 is 0. The van der Waals surface area contributed by atoms with E-state index in [1.165, 1.54) is 18.2 Å². The van der Waals surface area contributed by atoms with E-state index in [4.69, 9.17) is 0 Å². The van der Waals surface area contributed by atoms with Crippen molar-refractivity contribution in [2.24, 2.45) is 0 Å². The van der Waals surface area contributed by atoms with Crippen LogP contribution in [0.3, 0.4) is 0 Å². The van der Waals surface area contributed by atoms with Gasteiger partial charge in [0, 0.05) is 6.07 Å². The fourth-order valence-electron chi connectivity index (χ4n) is 1.96. The third-order valence-corrected chi connectivity index (χ3v) is 2.91. The van der Waals surface area contributed by atoms with Gasteiger partial charge in [0.25, 0.3) is 5.56 Å². The smallest absolute Gasteiger partial charge is 0.279 e. The molecule has 1 heterocycles. The van der Waals surface area contributed by atoms with Gasteiger partial charge in [0.05, 0.1) is 16.8 Å². The lowest BCUT2D eigenvalue weighted by Gasteiger charge is -2.23. The first-order chi connectivity index (χ1) is 9.09. The Kier molecular flexibility index (Phi) is 3.28. The minimum atomic E-state index is -4.36. The zero-order chi connectivity index (χ0) is 15.1. The Labute approximate surface area is 114 Å². The zero-order valence-electron chi connectivity index (χ0n) is 11.4. The molecule has 0 bridgehead atoms. The quantitative estimate of drug-likeness (QED) is 0.853. The predicted molar refractivity (Wildman–Crippen MR) is 70.5 cm³/mol. The first kappa shape index (κ1) is 14.4. The molecule has 0 aliphatic rings. The highest BCUT2D eigenvalue weighted by atomic mass is 19.4. The summed E-state index contributed by atoms with van der Waals surface area (Å²) in [4.78, 5) is 11.5. The van der Waals surface area contributed by atoms with Gasteiger partial charge in [-0.1, -0.05) is 12.1 Å². The molecule has 0 fully saturated rings. The van der Waals surface area contributed by atoms with E-state index in [0.717, 1.165) is 12.1 Å². The van der Waals surface area contributed by atoms with E-state index in [1.54, 1.807) is 4.68 Å². The molecule has 0 spiro atoms. The van der Waals surface area contributed by atoms with Gasteiger partial charge in [-0.15, -0.1) is 0 Å². The number of aromatic nitrogens is 2. The summed E-state index contributed by atoms with van der Waals surface area (Å²) in [6, 6.07) is 6.15. The van der Waals surface area contributed by atoms with E-state index in [9.17, 15) is 18.0 Å². The van der Waals surface area contributed by atoms with E-state index in [-0.39, 0.29) is 11.1 Å². The molecule has 20 heavy (non-hydrogen) atoms. The van der Waals surface area contributed by atoms with Crippen molar-refractivity contribution in [1.82, 2.24) is 9.78 Å². The van der Waals surface area contributed by atoms with Gasteiger partial charge < -0.3 is 0 Å². The second kappa shape index (κ2) is 4.54. The number of alkyl halides is 3. The van der Waals surface area contributed by atoms with Crippen LogP contribution in [0.15, 0.2) is 35.1 Å². The zero-order valence-corrected chi connectivity index (χ0v) is 11.4. The molecule has 0 saturated heterocycles. The maximum Gasteiger partial charge on any atom is 0.416 e. The van der Waals surface area contributed by atoms with E-state index in [1.807, 2.05) is 20.8 Å². The molecular formula is C14H15F3N2O. The van der Waals surface area contributed by atoms with Crippen LogP contribution in [0.1, 0.15) is 26.3 Å². The topological polar surface area (TPSA) is 37.8 Å². The Morgan fingerprint density at radius 1 is 1.05 bits per heavy atom. The molecule has 2 aromatic rings. The lowest BCUT2D eigenvalue weighted by atomic mass is 10.1. The van der Waals surface area contributed by atoms with Gasteiger partial charge in [-0.2, -0.15) is 13.2 Å². The Bertz CT molecular complexity index is 657. The monoisotopic (exact) mass is 284 g/mol. The Morgan fingerprint density at radius 3 is 2.05 bits per heavy atom. The molecule has 0 atom stereocenters. The highest BCUT2D eigenvalue weighted by Crippen LogP contribution is 2.31. The van der Waals surface area contributed by atoms with Crippen LogP contribution in [0.5, 0.6) is 0 Å². The Morgan fingerprint density at radius 2 is 1.60 bits per heavy atom. The van der Waals surface area contributed by atoms with Crippen LogP contribution >= 0.6 is 0 Å². The number of benzene rings is 1. The van der Waals surface area contributed by atoms with Crippen molar-refractivity contribution in [3.8, 4) is 11.3 Å². The molecule has 0 amide bonds. The first-order valence-corrected chi connectivity index (χ1v) is 6.09. The van der Waals surface area contributed by atoms with E-state index < -0.39 is 11.7 Å². The van der Waals surface area contributed by atoms with Crippen molar-refractivity contribution in [2.45, 2.75) is 32.5 Å². The van der Waals surface area contributed by atoms with Gasteiger partial charge in [0.2, 0.25) is 0 Å². The summed E-state index contributed by atoms with van der Waals surface area (Å²) in [5.74, 6) is 0.